The number of hydrogen-bond donors (Lipinski definition) is 1. The third kappa shape index (κ3) is 5.31. The van der Waals surface area contributed by atoms with Crippen LogP contribution < -0.4 is 10.1 Å². The van der Waals surface area contributed by atoms with E-state index in [4.69, 9.17) is 10.00 Å². The Morgan fingerprint density at radius 2 is 2.29 bits per heavy atom. The fourth-order valence-electron chi connectivity index (χ4n) is 2.35. The van der Waals surface area contributed by atoms with Gasteiger partial charge < -0.3 is 10.1 Å². The van der Waals surface area contributed by atoms with Crippen molar-refractivity contribution in [1.29, 1.82) is 5.26 Å². The third-order valence-corrected chi connectivity index (χ3v) is 3.49. The third-order valence-electron chi connectivity index (χ3n) is 3.49. The number of allylic oxidation sites excluding steroid dienone is 1. The van der Waals surface area contributed by atoms with Crippen LogP contribution in [0.4, 0.5) is 0 Å². The summed E-state index contributed by atoms with van der Waals surface area (Å²) in [6.45, 7) is 0.639. The first-order valence-electron chi connectivity index (χ1n) is 7.35. The van der Waals surface area contributed by atoms with E-state index in [1.54, 1.807) is 24.3 Å². The molecule has 1 aliphatic rings. The number of carbonyl (C=O) groups is 1. The van der Waals surface area contributed by atoms with Crippen molar-refractivity contribution in [2.24, 2.45) is 0 Å². The highest BCUT2D eigenvalue weighted by molar-refractivity contribution is 5.77. The summed E-state index contributed by atoms with van der Waals surface area (Å²) in [4.78, 5) is 11.7. The van der Waals surface area contributed by atoms with E-state index in [2.05, 4.69) is 11.4 Å². The van der Waals surface area contributed by atoms with E-state index in [1.165, 1.54) is 24.8 Å². The molecule has 0 saturated carbocycles. The summed E-state index contributed by atoms with van der Waals surface area (Å²) in [5.74, 6) is 0.410. The number of nitriles is 1. The van der Waals surface area contributed by atoms with Gasteiger partial charge in [-0.1, -0.05) is 17.7 Å². The standard InChI is InChI=1S/C17H20N2O2/c18-12-15-7-4-8-16(11-15)21-13-17(20)19-10-9-14-5-2-1-3-6-14/h4-5,7-8,11H,1-3,6,9-10,13H2,(H,19,20). The predicted octanol–water partition coefficient (Wildman–Crippen LogP) is 2.94. The molecule has 110 valence electrons. The van der Waals surface area contributed by atoms with Gasteiger partial charge in [-0.3, -0.25) is 4.79 Å². The molecule has 0 spiro atoms. The van der Waals surface area contributed by atoms with Crippen LogP contribution in [0.5, 0.6) is 5.75 Å². The largest absolute Gasteiger partial charge is 0.484 e. The van der Waals surface area contributed by atoms with Crippen LogP contribution in [0.15, 0.2) is 35.9 Å². The number of ether oxygens (including phenoxy) is 1. The second kappa shape index (κ2) is 8.11. The van der Waals surface area contributed by atoms with Gasteiger partial charge in [-0.25, -0.2) is 0 Å². The second-order valence-electron chi connectivity index (χ2n) is 5.14. The molecule has 0 heterocycles. The van der Waals surface area contributed by atoms with Crippen LogP contribution in [0, 0.1) is 11.3 Å². The minimum absolute atomic E-state index is 0.0199. The van der Waals surface area contributed by atoms with Crippen LogP contribution in [0.1, 0.15) is 37.7 Å². The van der Waals surface area contributed by atoms with Gasteiger partial charge in [-0.2, -0.15) is 5.26 Å². The lowest BCUT2D eigenvalue weighted by Crippen LogP contribution is -2.30. The molecule has 2 rings (SSSR count). The molecule has 0 aliphatic heterocycles. The van der Waals surface area contributed by atoms with Crippen LogP contribution in [0.2, 0.25) is 0 Å². The number of amides is 1. The van der Waals surface area contributed by atoms with Gasteiger partial charge in [0.25, 0.3) is 5.91 Å². The molecule has 21 heavy (non-hydrogen) atoms. The van der Waals surface area contributed by atoms with Crippen molar-refractivity contribution in [2.75, 3.05) is 13.2 Å². The van der Waals surface area contributed by atoms with Crippen LogP contribution in [-0.2, 0) is 4.79 Å². The topological polar surface area (TPSA) is 62.1 Å². The van der Waals surface area contributed by atoms with Crippen molar-refractivity contribution < 1.29 is 9.53 Å². The van der Waals surface area contributed by atoms with E-state index in [1.807, 2.05) is 6.07 Å². The molecule has 1 aromatic carbocycles. The number of benzene rings is 1. The molecule has 0 saturated heterocycles. The maximum Gasteiger partial charge on any atom is 0.257 e. The Balaban J connectivity index is 1.67. The highest BCUT2D eigenvalue weighted by atomic mass is 16.5. The summed E-state index contributed by atoms with van der Waals surface area (Å²) in [6.07, 6.45) is 8.09. The van der Waals surface area contributed by atoms with Gasteiger partial charge in [0.1, 0.15) is 5.75 Å². The zero-order valence-electron chi connectivity index (χ0n) is 12.1. The highest BCUT2D eigenvalue weighted by Crippen LogP contribution is 2.19. The van der Waals surface area contributed by atoms with Gasteiger partial charge in [0.2, 0.25) is 0 Å². The van der Waals surface area contributed by atoms with Crippen LogP contribution in [-0.4, -0.2) is 19.1 Å². The minimum atomic E-state index is -0.131. The molecule has 4 nitrogen and oxygen atoms in total. The fraction of sp³-hybridized carbons (Fsp3) is 0.412. The molecule has 1 N–H and O–H groups in total. The molecular weight excluding hydrogens is 264 g/mol. The number of rotatable bonds is 6. The molecule has 0 aromatic heterocycles. The molecule has 0 bridgehead atoms. The molecule has 0 fully saturated rings. The lowest BCUT2D eigenvalue weighted by Gasteiger charge is -2.13. The number of hydrogen-bond acceptors (Lipinski definition) is 3. The molecule has 0 unspecified atom stereocenters. The number of nitrogens with one attached hydrogen (secondary N) is 1. The lowest BCUT2D eigenvalue weighted by molar-refractivity contribution is -0.123. The molecule has 1 aliphatic carbocycles. The van der Waals surface area contributed by atoms with E-state index in [0.29, 0.717) is 17.9 Å². The van der Waals surface area contributed by atoms with Gasteiger partial charge in [-0.05, 0) is 50.3 Å². The molecule has 1 aromatic rings. The molecule has 0 radical (unpaired) electrons. The van der Waals surface area contributed by atoms with Gasteiger partial charge in [0.15, 0.2) is 6.61 Å². The SMILES string of the molecule is N#Cc1cccc(OCC(=O)NCCC2=CCCCC2)c1. The maximum absolute atomic E-state index is 11.7. The summed E-state index contributed by atoms with van der Waals surface area (Å²) in [6, 6.07) is 8.84. The van der Waals surface area contributed by atoms with Crippen LogP contribution in [0.25, 0.3) is 0 Å². The van der Waals surface area contributed by atoms with Crippen molar-refractivity contribution in [2.45, 2.75) is 32.1 Å². The van der Waals surface area contributed by atoms with Crippen molar-refractivity contribution in [3.8, 4) is 11.8 Å². The minimum Gasteiger partial charge on any atom is -0.484 e. The first-order chi connectivity index (χ1) is 10.3. The molecule has 1 amide bonds. The average molecular weight is 284 g/mol. The Bertz CT molecular complexity index is 558. The predicted molar refractivity (Wildman–Crippen MR) is 80.8 cm³/mol. The highest BCUT2D eigenvalue weighted by Gasteiger charge is 2.06. The van der Waals surface area contributed by atoms with Crippen molar-refractivity contribution in [3.05, 3.63) is 41.5 Å². The average Bonchev–Trinajstić information content (AvgIpc) is 2.54. The van der Waals surface area contributed by atoms with Crippen molar-refractivity contribution in [3.63, 3.8) is 0 Å². The quantitative estimate of drug-likeness (QED) is 0.817. The number of nitrogens with zero attached hydrogens (tertiary/aromatic N) is 1. The van der Waals surface area contributed by atoms with E-state index < -0.39 is 0 Å². The first-order valence-corrected chi connectivity index (χ1v) is 7.35. The monoisotopic (exact) mass is 284 g/mol. The maximum atomic E-state index is 11.7. The first kappa shape index (κ1) is 15.1. The Morgan fingerprint density at radius 3 is 3.05 bits per heavy atom. The van der Waals surface area contributed by atoms with E-state index >= 15 is 0 Å². The summed E-state index contributed by atoms with van der Waals surface area (Å²) < 4.78 is 5.38. The van der Waals surface area contributed by atoms with Crippen LogP contribution in [0.3, 0.4) is 0 Å². The number of carbonyl (C=O) groups excluding carboxylic acids is 1. The van der Waals surface area contributed by atoms with E-state index in [-0.39, 0.29) is 12.5 Å². The zero-order valence-corrected chi connectivity index (χ0v) is 12.1. The van der Waals surface area contributed by atoms with E-state index in [0.717, 1.165) is 12.8 Å². The van der Waals surface area contributed by atoms with E-state index in [9.17, 15) is 4.79 Å². The molecule has 0 atom stereocenters. The lowest BCUT2D eigenvalue weighted by atomic mass is 9.97. The smallest absolute Gasteiger partial charge is 0.257 e. The summed E-state index contributed by atoms with van der Waals surface area (Å²) in [5.41, 5.74) is 1.97. The van der Waals surface area contributed by atoms with Crippen LogP contribution >= 0.6 is 0 Å². The molecular formula is C17H20N2O2. The van der Waals surface area contributed by atoms with Crippen molar-refractivity contribution in [1.82, 2.24) is 5.32 Å². The fourth-order valence-corrected chi connectivity index (χ4v) is 2.35. The Morgan fingerprint density at radius 1 is 1.38 bits per heavy atom. The van der Waals surface area contributed by atoms with Gasteiger partial charge >= 0.3 is 0 Å². The Labute approximate surface area is 125 Å². The Kier molecular flexibility index (Phi) is 5.83. The summed E-state index contributed by atoms with van der Waals surface area (Å²) in [7, 11) is 0. The van der Waals surface area contributed by atoms with Gasteiger partial charge in [-0.15, -0.1) is 0 Å². The second-order valence-corrected chi connectivity index (χ2v) is 5.14. The molecule has 4 heteroatoms. The van der Waals surface area contributed by atoms with Gasteiger partial charge in [0, 0.05) is 6.54 Å². The summed E-state index contributed by atoms with van der Waals surface area (Å²) in [5, 5.41) is 11.6. The van der Waals surface area contributed by atoms with Crippen molar-refractivity contribution >= 4 is 5.91 Å². The Hall–Kier alpha value is -2.28. The normalized spacial score (nSPS) is 14.0. The zero-order chi connectivity index (χ0) is 14.9. The van der Waals surface area contributed by atoms with Gasteiger partial charge in [0.05, 0.1) is 11.6 Å². The summed E-state index contributed by atoms with van der Waals surface area (Å²) >= 11 is 0.